The van der Waals surface area contributed by atoms with Crippen molar-refractivity contribution in [2.75, 3.05) is 43.5 Å². The largest absolute Gasteiger partial charge is 0.497 e. The molecule has 0 unspecified atom stereocenters. The standard InChI is InChI=1S/C24H33N3O2/c1-17(2)22-8-6-7-18(3)23(22)25-24(28)19(4)26-13-15-27(16-14-26)20-9-11-21(29-5)12-10-20/h6-12,17,19H,13-16H2,1-5H3,(H,25,28)/t19-/m1/s1. The molecule has 1 fully saturated rings. The second-order valence-corrected chi connectivity index (χ2v) is 8.08. The summed E-state index contributed by atoms with van der Waals surface area (Å²) in [4.78, 5) is 17.6. The molecule has 2 aromatic rings. The van der Waals surface area contributed by atoms with Crippen molar-refractivity contribution in [2.24, 2.45) is 0 Å². The fourth-order valence-electron chi connectivity index (χ4n) is 3.90. The Balaban J connectivity index is 1.60. The summed E-state index contributed by atoms with van der Waals surface area (Å²) in [7, 11) is 1.68. The molecule has 5 nitrogen and oxygen atoms in total. The van der Waals surface area contributed by atoms with Crippen LogP contribution >= 0.6 is 0 Å². The van der Waals surface area contributed by atoms with E-state index in [-0.39, 0.29) is 11.9 Å². The molecule has 1 saturated heterocycles. The Labute approximate surface area is 174 Å². The predicted octanol–water partition coefficient (Wildman–Crippen LogP) is 4.28. The van der Waals surface area contributed by atoms with Crippen molar-refractivity contribution in [3.05, 3.63) is 53.6 Å². The summed E-state index contributed by atoms with van der Waals surface area (Å²) in [6.45, 7) is 11.9. The average Bonchev–Trinajstić information content (AvgIpc) is 2.74. The summed E-state index contributed by atoms with van der Waals surface area (Å²) in [6.07, 6.45) is 0. The van der Waals surface area contributed by atoms with Crippen molar-refractivity contribution in [1.29, 1.82) is 0 Å². The lowest BCUT2D eigenvalue weighted by Crippen LogP contribution is -2.52. The molecule has 0 bridgehead atoms. The number of carbonyl (C=O) groups is 1. The van der Waals surface area contributed by atoms with Crippen LogP contribution < -0.4 is 15.0 Å². The third-order valence-corrected chi connectivity index (χ3v) is 5.85. The molecule has 0 spiro atoms. The molecule has 0 radical (unpaired) electrons. The maximum atomic E-state index is 13.0. The van der Waals surface area contributed by atoms with Gasteiger partial charge in [-0.15, -0.1) is 0 Å². The number of ether oxygens (including phenoxy) is 1. The molecule has 1 aliphatic heterocycles. The van der Waals surface area contributed by atoms with Crippen molar-refractivity contribution in [1.82, 2.24) is 4.90 Å². The molecule has 2 aromatic carbocycles. The summed E-state index contributed by atoms with van der Waals surface area (Å²) >= 11 is 0. The summed E-state index contributed by atoms with van der Waals surface area (Å²) in [5, 5.41) is 3.20. The van der Waals surface area contributed by atoms with Crippen LogP contribution in [0.15, 0.2) is 42.5 Å². The van der Waals surface area contributed by atoms with Crippen molar-refractivity contribution < 1.29 is 9.53 Å². The van der Waals surface area contributed by atoms with E-state index in [0.29, 0.717) is 5.92 Å². The summed E-state index contributed by atoms with van der Waals surface area (Å²) < 4.78 is 5.24. The Kier molecular flexibility index (Phi) is 6.80. The van der Waals surface area contributed by atoms with Gasteiger partial charge in [0.1, 0.15) is 5.75 Å². The molecular weight excluding hydrogens is 362 g/mol. The van der Waals surface area contributed by atoms with Crippen LogP contribution in [-0.4, -0.2) is 50.1 Å². The minimum Gasteiger partial charge on any atom is -0.497 e. The van der Waals surface area contributed by atoms with Gasteiger partial charge in [0.2, 0.25) is 5.91 Å². The third kappa shape index (κ3) is 4.91. The van der Waals surface area contributed by atoms with Crippen molar-refractivity contribution in [2.45, 2.75) is 39.7 Å². The smallest absolute Gasteiger partial charge is 0.241 e. The highest BCUT2D eigenvalue weighted by molar-refractivity contribution is 5.96. The van der Waals surface area contributed by atoms with Crippen LogP contribution in [0.25, 0.3) is 0 Å². The van der Waals surface area contributed by atoms with E-state index in [4.69, 9.17) is 4.74 Å². The average molecular weight is 396 g/mol. The number of nitrogens with one attached hydrogen (secondary N) is 1. The number of rotatable bonds is 6. The lowest BCUT2D eigenvalue weighted by atomic mass is 9.98. The number of piperazine rings is 1. The zero-order chi connectivity index (χ0) is 21.0. The third-order valence-electron chi connectivity index (χ3n) is 5.85. The highest BCUT2D eigenvalue weighted by Crippen LogP contribution is 2.28. The molecule has 1 N–H and O–H groups in total. The highest BCUT2D eigenvalue weighted by atomic mass is 16.5. The fraction of sp³-hybridized carbons (Fsp3) is 0.458. The van der Waals surface area contributed by atoms with Crippen molar-refractivity contribution >= 4 is 17.3 Å². The number of nitrogens with zero attached hydrogens (tertiary/aromatic N) is 2. The highest BCUT2D eigenvalue weighted by Gasteiger charge is 2.26. The van der Waals surface area contributed by atoms with Gasteiger partial charge in [0.05, 0.1) is 13.2 Å². The number of methoxy groups -OCH3 is 1. The monoisotopic (exact) mass is 395 g/mol. The van der Waals surface area contributed by atoms with Gasteiger partial charge in [0, 0.05) is 37.6 Å². The minimum atomic E-state index is -0.160. The zero-order valence-corrected chi connectivity index (χ0v) is 18.2. The van der Waals surface area contributed by atoms with Gasteiger partial charge in [-0.3, -0.25) is 9.69 Å². The van der Waals surface area contributed by atoms with E-state index in [1.807, 2.05) is 19.1 Å². The number of para-hydroxylation sites is 1. The molecular formula is C24H33N3O2. The van der Waals surface area contributed by atoms with Crippen LogP contribution in [-0.2, 0) is 4.79 Å². The van der Waals surface area contributed by atoms with E-state index in [0.717, 1.165) is 43.2 Å². The topological polar surface area (TPSA) is 44.8 Å². The van der Waals surface area contributed by atoms with Gasteiger partial charge in [-0.2, -0.15) is 0 Å². The van der Waals surface area contributed by atoms with E-state index in [2.05, 4.69) is 66.2 Å². The molecule has 1 atom stereocenters. The second kappa shape index (κ2) is 9.31. The fourth-order valence-corrected chi connectivity index (χ4v) is 3.90. The van der Waals surface area contributed by atoms with E-state index in [1.165, 1.54) is 11.3 Å². The first-order valence-electron chi connectivity index (χ1n) is 10.4. The number of carbonyl (C=O) groups excluding carboxylic acids is 1. The van der Waals surface area contributed by atoms with Crippen molar-refractivity contribution in [3.63, 3.8) is 0 Å². The Morgan fingerprint density at radius 2 is 1.66 bits per heavy atom. The van der Waals surface area contributed by atoms with Gasteiger partial charge in [-0.25, -0.2) is 0 Å². The normalized spacial score (nSPS) is 16.0. The SMILES string of the molecule is COc1ccc(N2CCN([C@H](C)C(=O)Nc3c(C)cccc3C(C)C)CC2)cc1. The molecule has 5 heteroatoms. The first-order chi connectivity index (χ1) is 13.9. The van der Waals surface area contributed by atoms with Crippen LogP contribution in [0, 0.1) is 6.92 Å². The van der Waals surface area contributed by atoms with Crippen LogP contribution in [0.1, 0.15) is 37.8 Å². The lowest BCUT2D eigenvalue weighted by Gasteiger charge is -2.38. The first kappa shape index (κ1) is 21.2. The number of amides is 1. The van der Waals surface area contributed by atoms with Crippen LogP contribution in [0.2, 0.25) is 0 Å². The number of hydrogen-bond acceptors (Lipinski definition) is 4. The molecule has 0 aromatic heterocycles. The second-order valence-electron chi connectivity index (χ2n) is 8.08. The summed E-state index contributed by atoms with van der Waals surface area (Å²) in [5.74, 6) is 1.31. The van der Waals surface area contributed by atoms with Gasteiger partial charge in [-0.05, 0) is 55.2 Å². The van der Waals surface area contributed by atoms with E-state index < -0.39 is 0 Å². The Morgan fingerprint density at radius 1 is 1.00 bits per heavy atom. The predicted molar refractivity (Wildman–Crippen MR) is 120 cm³/mol. The van der Waals surface area contributed by atoms with Gasteiger partial charge in [-0.1, -0.05) is 32.0 Å². The molecule has 0 aliphatic carbocycles. The first-order valence-corrected chi connectivity index (χ1v) is 10.4. The zero-order valence-electron chi connectivity index (χ0n) is 18.2. The quantitative estimate of drug-likeness (QED) is 0.793. The molecule has 29 heavy (non-hydrogen) atoms. The maximum Gasteiger partial charge on any atom is 0.241 e. The van der Waals surface area contributed by atoms with Crippen LogP contribution in [0.5, 0.6) is 5.75 Å². The van der Waals surface area contributed by atoms with Crippen LogP contribution in [0.3, 0.4) is 0 Å². The molecule has 156 valence electrons. The van der Waals surface area contributed by atoms with Gasteiger partial charge in [0.15, 0.2) is 0 Å². The number of aryl methyl sites for hydroxylation is 1. The number of hydrogen-bond donors (Lipinski definition) is 1. The Bertz CT molecular complexity index is 825. The van der Waals surface area contributed by atoms with E-state index >= 15 is 0 Å². The van der Waals surface area contributed by atoms with Crippen LogP contribution in [0.4, 0.5) is 11.4 Å². The number of anilines is 2. The Hall–Kier alpha value is -2.53. The summed E-state index contributed by atoms with van der Waals surface area (Å²) in [6, 6.07) is 14.2. The molecule has 1 aliphatic rings. The minimum absolute atomic E-state index is 0.0686. The maximum absolute atomic E-state index is 13.0. The summed E-state index contributed by atoms with van der Waals surface area (Å²) in [5.41, 5.74) is 4.47. The Morgan fingerprint density at radius 3 is 2.24 bits per heavy atom. The lowest BCUT2D eigenvalue weighted by molar-refractivity contribution is -0.120. The molecule has 1 heterocycles. The molecule has 3 rings (SSSR count). The van der Waals surface area contributed by atoms with Crippen molar-refractivity contribution in [3.8, 4) is 5.75 Å². The number of benzene rings is 2. The van der Waals surface area contributed by atoms with E-state index in [9.17, 15) is 4.79 Å². The van der Waals surface area contributed by atoms with Gasteiger partial charge < -0.3 is 15.0 Å². The van der Waals surface area contributed by atoms with Gasteiger partial charge in [0.25, 0.3) is 0 Å². The van der Waals surface area contributed by atoms with E-state index in [1.54, 1.807) is 7.11 Å². The molecule has 0 saturated carbocycles. The van der Waals surface area contributed by atoms with Gasteiger partial charge >= 0.3 is 0 Å². The molecule has 1 amide bonds.